The molecule has 20 heavy (non-hydrogen) atoms. The second-order valence-electron chi connectivity index (χ2n) is 4.71. The molecule has 0 radical (unpaired) electrons. The van der Waals surface area contributed by atoms with Crippen molar-refractivity contribution in [2.75, 3.05) is 0 Å². The fraction of sp³-hybridized carbons (Fsp3) is 0.429. The molecule has 0 aliphatic heterocycles. The Bertz CT molecular complexity index is 580. The Balaban J connectivity index is 2.11. The fourth-order valence-electron chi connectivity index (χ4n) is 2.08. The number of nitrogens with zero attached hydrogens (tertiary/aromatic N) is 4. The van der Waals surface area contributed by atoms with Crippen LogP contribution >= 0.6 is 0 Å². The average Bonchev–Trinajstić information content (AvgIpc) is 2.92. The standard InChI is InChI=1S/C14H18N4O2/c1-2-3-4-5-8-12-11-17(16-15-12)13-9-6-7-10-14(13)18(19)20/h6-7,9-11H,2-5,8H2,1H3. The minimum atomic E-state index is -0.405. The van der Waals surface area contributed by atoms with E-state index < -0.39 is 4.92 Å². The first-order valence-electron chi connectivity index (χ1n) is 6.87. The lowest BCUT2D eigenvalue weighted by Crippen LogP contribution is -2.00. The molecule has 0 spiro atoms. The van der Waals surface area contributed by atoms with Crippen LogP contribution in [0, 0.1) is 10.1 Å². The third-order valence-corrected chi connectivity index (χ3v) is 3.15. The van der Waals surface area contributed by atoms with Crippen LogP contribution in [0.5, 0.6) is 0 Å². The third kappa shape index (κ3) is 3.40. The monoisotopic (exact) mass is 274 g/mol. The maximum Gasteiger partial charge on any atom is 0.294 e. The molecule has 0 N–H and O–H groups in total. The normalized spacial score (nSPS) is 10.7. The summed E-state index contributed by atoms with van der Waals surface area (Å²) in [5.74, 6) is 0. The van der Waals surface area contributed by atoms with Crippen LogP contribution in [0.25, 0.3) is 5.69 Å². The maximum atomic E-state index is 11.0. The molecule has 0 saturated heterocycles. The summed E-state index contributed by atoms with van der Waals surface area (Å²) < 4.78 is 1.48. The summed E-state index contributed by atoms with van der Waals surface area (Å²) in [5.41, 5.74) is 1.36. The van der Waals surface area contributed by atoms with Gasteiger partial charge in [0.15, 0.2) is 0 Å². The highest BCUT2D eigenvalue weighted by atomic mass is 16.6. The molecule has 0 atom stereocenters. The molecule has 1 aromatic carbocycles. The molecule has 1 aromatic heterocycles. The lowest BCUT2D eigenvalue weighted by atomic mass is 10.1. The Hall–Kier alpha value is -2.24. The molecule has 0 saturated carbocycles. The van der Waals surface area contributed by atoms with Crippen LogP contribution in [0.4, 0.5) is 5.69 Å². The summed E-state index contributed by atoms with van der Waals surface area (Å²) in [6, 6.07) is 6.54. The Kier molecular flexibility index (Phi) is 4.81. The molecule has 6 nitrogen and oxygen atoms in total. The van der Waals surface area contributed by atoms with Gasteiger partial charge in [-0.1, -0.05) is 43.5 Å². The van der Waals surface area contributed by atoms with Crippen LogP contribution in [0.1, 0.15) is 38.3 Å². The molecule has 0 amide bonds. The molecule has 0 unspecified atom stereocenters. The number of unbranched alkanes of at least 4 members (excludes halogenated alkanes) is 3. The van der Waals surface area contributed by atoms with Crippen molar-refractivity contribution in [3.05, 3.63) is 46.3 Å². The van der Waals surface area contributed by atoms with Gasteiger partial charge in [-0.3, -0.25) is 10.1 Å². The van der Waals surface area contributed by atoms with Crippen molar-refractivity contribution in [1.82, 2.24) is 15.0 Å². The summed E-state index contributed by atoms with van der Waals surface area (Å²) in [6.07, 6.45) is 7.30. The molecule has 2 rings (SSSR count). The van der Waals surface area contributed by atoms with E-state index in [-0.39, 0.29) is 5.69 Å². The van der Waals surface area contributed by atoms with Gasteiger partial charge in [-0.25, -0.2) is 4.68 Å². The van der Waals surface area contributed by atoms with Gasteiger partial charge >= 0.3 is 0 Å². The molecule has 0 aliphatic rings. The van der Waals surface area contributed by atoms with Gasteiger partial charge in [0, 0.05) is 6.07 Å². The van der Waals surface area contributed by atoms with Crippen LogP contribution < -0.4 is 0 Å². The SMILES string of the molecule is CCCCCCc1cn(-c2ccccc2[N+](=O)[O-])nn1. The van der Waals surface area contributed by atoms with E-state index in [0.29, 0.717) is 5.69 Å². The Morgan fingerprint density at radius 2 is 2.05 bits per heavy atom. The number of hydrogen-bond acceptors (Lipinski definition) is 4. The van der Waals surface area contributed by atoms with Gasteiger partial charge in [0.25, 0.3) is 5.69 Å². The maximum absolute atomic E-state index is 11.0. The zero-order valence-electron chi connectivity index (χ0n) is 11.5. The summed E-state index contributed by atoms with van der Waals surface area (Å²) in [6.45, 7) is 2.17. The zero-order chi connectivity index (χ0) is 14.4. The summed E-state index contributed by atoms with van der Waals surface area (Å²) in [4.78, 5) is 10.6. The van der Waals surface area contributed by atoms with Gasteiger partial charge in [0.1, 0.15) is 5.69 Å². The molecule has 2 aromatic rings. The van der Waals surface area contributed by atoms with E-state index in [1.165, 1.54) is 30.0 Å². The number of nitro groups is 1. The van der Waals surface area contributed by atoms with Crippen molar-refractivity contribution in [1.29, 1.82) is 0 Å². The molecule has 0 fully saturated rings. The fourth-order valence-corrected chi connectivity index (χ4v) is 2.08. The van der Waals surface area contributed by atoms with Gasteiger partial charge in [0.05, 0.1) is 16.8 Å². The number of benzene rings is 1. The van der Waals surface area contributed by atoms with Crippen LogP contribution in [0.3, 0.4) is 0 Å². The second-order valence-corrected chi connectivity index (χ2v) is 4.71. The van der Waals surface area contributed by atoms with Crippen molar-refractivity contribution < 1.29 is 4.92 Å². The van der Waals surface area contributed by atoms with Crippen molar-refractivity contribution in [3.63, 3.8) is 0 Å². The average molecular weight is 274 g/mol. The number of para-hydroxylation sites is 2. The predicted molar refractivity (Wildman–Crippen MR) is 75.9 cm³/mol. The summed E-state index contributed by atoms with van der Waals surface area (Å²) >= 11 is 0. The van der Waals surface area contributed by atoms with Crippen molar-refractivity contribution in [2.45, 2.75) is 39.0 Å². The largest absolute Gasteiger partial charge is 0.294 e. The van der Waals surface area contributed by atoms with Crippen LogP contribution in [-0.4, -0.2) is 19.9 Å². The lowest BCUT2D eigenvalue weighted by molar-refractivity contribution is -0.384. The quantitative estimate of drug-likeness (QED) is 0.441. The molecule has 6 heteroatoms. The highest BCUT2D eigenvalue weighted by Gasteiger charge is 2.15. The Morgan fingerprint density at radius 3 is 2.80 bits per heavy atom. The smallest absolute Gasteiger partial charge is 0.258 e. The summed E-state index contributed by atoms with van der Waals surface area (Å²) in [7, 11) is 0. The van der Waals surface area contributed by atoms with Gasteiger partial charge in [-0.2, -0.15) is 0 Å². The number of aromatic nitrogens is 3. The molecule has 106 valence electrons. The van der Waals surface area contributed by atoms with Crippen LogP contribution in [-0.2, 0) is 6.42 Å². The van der Waals surface area contributed by atoms with Gasteiger partial charge in [0.2, 0.25) is 0 Å². The van der Waals surface area contributed by atoms with Crippen molar-refractivity contribution in [3.8, 4) is 5.69 Å². The predicted octanol–water partition coefficient (Wildman–Crippen LogP) is 3.30. The van der Waals surface area contributed by atoms with Gasteiger partial charge < -0.3 is 0 Å². The Labute approximate surface area is 117 Å². The van der Waals surface area contributed by atoms with E-state index in [0.717, 1.165) is 18.5 Å². The summed E-state index contributed by atoms with van der Waals surface area (Å²) in [5, 5.41) is 19.1. The minimum absolute atomic E-state index is 0.0370. The van der Waals surface area contributed by atoms with Crippen LogP contribution in [0.2, 0.25) is 0 Å². The van der Waals surface area contributed by atoms with Gasteiger partial charge in [-0.05, 0) is 18.9 Å². The topological polar surface area (TPSA) is 73.8 Å². The first kappa shape index (κ1) is 14.2. The number of aryl methyl sites for hydroxylation is 1. The molecular formula is C14H18N4O2. The zero-order valence-corrected chi connectivity index (χ0v) is 11.5. The minimum Gasteiger partial charge on any atom is -0.258 e. The van der Waals surface area contributed by atoms with E-state index in [4.69, 9.17) is 0 Å². The lowest BCUT2D eigenvalue weighted by Gasteiger charge is -2.00. The highest BCUT2D eigenvalue weighted by Crippen LogP contribution is 2.21. The van der Waals surface area contributed by atoms with E-state index >= 15 is 0 Å². The first-order valence-corrected chi connectivity index (χ1v) is 6.87. The molecule has 0 bridgehead atoms. The van der Waals surface area contributed by atoms with E-state index in [2.05, 4.69) is 17.2 Å². The number of hydrogen-bond donors (Lipinski definition) is 0. The highest BCUT2D eigenvalue weighted by molar-refractivity contribution is 5.51. The molecule has 1 heterocycles. The first-order chi connectivity index (χ1) is 9.72. The van der Waals surface area contributed by atoms with E-state index in [1.807, 2.05) is 0 Å². The van der Waals surface area contributed by atoms with E-state index in [9.17, 15) is 10.1 Å². The van der Waals surface area contributed by atoms with Crippen molar-refractivity contribution >= 4 is 5.69 Å². The van der Waals surface area contributed by atoms with E-state index in [1.54, 1.807) is 24.4 Å². The number of rotatable bonds is 7. The van der Waals surface area contributed by atoms with Crippen molar-refractivity contribution in [2.24, 2.45) is 0 Å². The van der Waals surface area contributed by atoms with Gasteiger partial charge in [-0.15, -0.1) is 5.10 Å². The molecular weight excluding hydrogens is 256 g/mol. The third-order valence-electron chi connectivity index (χ3n) is 3.15. The molecule has 0 aliphatic carbocycles. The van der Waals surface area contributed by atoms with Crippen LogP contribution in [0.15, 0.2) is 30.5 Å². The number of nitro benzene ring substituents is 1. The second kappa shape index (κ2) is 6.79. The Morgan fingerprint density at radius 1 is 1.25 bits per heavy atom.